The first-order valence-electron chi connectivity index (χ1n) is 4.83. The van der Waals surface area contributed by atoms with Gasteiger partial charge in [0.2, 0.25) is 0 Å². The quantitative estimate of drug-likeness (QED) is 0.719. The van der Waals surface area contributed by atoms with Crippen molar-refractivity contribution in [2.45, 2.75) is 12.8 Å². The Hall–Kier alpha value is -1.40. The maximum Gasteiger partial charge on any atom is 0.0676 e. The van der Waals surface area contributed by atoms with Gasteiger partial charge in [-0.2, -0.15) is 5.26 Å². The predicted molar refractivity (Wildman–Crippen MR) is 53.7 cm³/mol. The predicted octanol–water partition coefficient (Wildman–Crippen LogP) is 1.22. The number of hydrogen-bond acceptors (Lipinski definition) is 3. The van der Waals surface area contributed by atoms with Crippen molar-refractivity contribution < 1.29 is 0 Å². The second kappa shape index (κ2) is 3.77. The summed E-state index contributed by atoms with van der Waals surface area (Å²) in [7, 11) is 0. The van der Waals surface area contributed by atoms with Crippen molar-refractivity contribution in [1.29, 1.82) is 5.26 Å². The number of pyridine rings is 1. The fourth-order valence-electron chi connectivity index (χ4n) is 2.04. The SMILES string of the molecule is Cc1cnccc1C1CNCC1C#N. The maximum atomic E-state index is 8.98. The van der Waals surface area contributed by atoms with E-state index < -0.39 is 0 Å². The molecule has 1 fully saturated rings. The van der Waals surface area contributed by atoms with Gasteiger partial charge in [0, 0.05) is 31.4 Å². The molecule has 0 aliphatic carbocycles. The van der Waals surface area contributed by atoms with Crippen LogP contribution in [0.1, 0.15) is 17.0 Å². The average molecular weight is 187 g/mol. The third kappa shape index (κ3) is 1.49. The Labute approximate surface area is 83.8 Å². The van der Waals surface area contributed by atoms with Gasteiger partial charge < -0.3 is 5.32 Å². The summed E-state index contributed by atoms with van der Waals surface area (Å²) in [6.45, 7) is 3.76. The Morgan fingerprint density at radius 2 is 2.43 bits per heavy atom. The van der Waals surface area contributed by atoms with Crippen LogP contribution in [-0.2, 0) is 0 Å². The lowest BCUT2D eigenvalue weighted by atomic mass is 9.88. The molecule has 1 N–H and O–H groups in total. The largest absolute Gasteiger partial charge is 0.315 e. The summed E-state index contributed by atoms with van der Waals surface area (Å²) in [6.07, 6.45) is 3.66. The molecule has 1 aliphatic rings. The monoisotopic (exact) mass is 187 g/mol. The van der Waals surface area contributed by atoms with Crippen LogP contribution < -0.4 is 5.32 Å². The van der Waals surface area contributed by atoms with E-state index in [1.807, 2.05) is 12.3 Å². The van der Waals surface area contributed by atoms with E-state index >= 15 is 0 Å². The smallest absolute Gasteiger partial charge is 0.0676 e. The lowest BCUT2D eigenvalue weighted by Gasteiger charge is -2.14. The van der Waals surface area contributed by atoms with Gasteiger partial charge in [0.05, 0.1) is 12.0 Å². The second-order valence-corrected chi connectivity index (χ2v) is 3.73. The zero-order valence-electron chi connectivity index (χ0n) is 8.20. The van der Waals surface area contributed by atoms with Crippen LogP contribution in [0.25, 0.3) is 0 Å². The molecule has 2 atom stereocenters. The minimum Gasteiger partial charge on any atom is -0.315 e. The zero-order chi connectivity index (χ0) is 9.97. The minimum absolute atomic E-state index is 0.107. The van der Waals surface area contributed by atoms with Crippen LogP contribution in [0.2, 0.25) is 0 Å². The van der Waals surface area contributed by atoms with Gasteiger partial charge in [-0.3, -0.25) is 4.98 Å². The van der Waals surface area contributed by atoms with Crippen molar-refractivity contribution in [1.82, 2.24) is 10.3 Å². The van der Waals surface area contributed by atoms with Crippen LogP contribution in [-0.4, -0.2) is 18.1 Å². The van der Waals surface area contributed by atoms with Gasteiger partial charge in [0.25, 0.3) is 0 Å². The first-order chi connectivity index (χ1) is 6.83. The summed E-state index contributed by atoms with van der Waals surface area (Å²) >= 11 is 0. The molecule has 0 radical (unpaired) electrons. The number of nitrogens with one attached hydrogen (secondary N) is 1. The molecule has 14 heavy (non-hydrogen) atoms. The van der Waals surface area contributed by atoms with Crippen LogP contribution in [0.15, 0.2) is 18.5 Å². The number of aryl methyl sites for hydroxylation is 1. The summed E-state index contributed by atoms with van der Waals surface area (Å²) in [5.41, 5.74) is 2.44. The van der Waals surface area contributed by atoms with Crippen LogP contribution in [0.4, 0.5) is 0 Å². The van der Waals surface area contributed by atoms with Crippen molar-refractivity contribution in [3.63, 3.8) is 0 Å². The lowest BCUT2D eigenvalue weighted by Crippen LogP contribution is -2.10. The first kappa shape index (κ1) is 9.17. The van der Waals surface area contributed by atoms with Crippen molar-refractivity contribution in [3.8, 4) is 6.07 Å². The Morgan fingerprint density at radius 1 is 1.57 bits per heavy atom. The summed E-state index contributed by atoms with van der Waals surface area (Å²) in [4.78, 5) is 4.06. The molecule has 2 unspecified atom stereocenters. The molecule has 0 spiro atoms. The number of hydrogen-bond donors (Lipinski definition) is 1. The van der Waals surface area contributed by atoms with E-state index in [4.69, 9.17) is 5.26 Å². The van der Waals surface area contributed by atoms with Gasteiger partial charge in [-0.05, 0) is 24.1 Å². The topological polar surface area (TPSA) is 48.7 Å². The second-order valence-electron chi connectivity index (χ2n) is 3.73. The molecule has 1 aromatic rings. The molecule has 1 aliphatic heterocycles. The highest BCUT2D eigenvalue weighted by atomic mass is 14.9. The van der Waals surface area contributed by atoms with Gasteiger partial charge in [0.15, 0.2) is 0 Å². The molecule has 1 saturated heterocycles. The van der Waals surface area contributed by atoms with E-state index in [2.05, 4.69) is 23.3 Å². The molecule has 2 heterocycles. The fraction of sp³-hybridized carbons (Fsp3) is 0.455. The molecule has 0 aromatic carbocycles. The Morgan fingerprint density at radius 3 is 3.14 bits per heavy atom. The van der Waals surface area contributed by atoms with E-state index in [9.17, 15) is 0 Å². The molecule has 0 amide bonds. The van der Waals surface area contributed by atoms with Gasteiger partial charge in [-0.1, -0.05) is 0 Å². The van der Waals surface area contributed by atoms with Crippen molar-refractivity contribution in [2.24, 2.45) is 5.92 Å². The van der Waals surface area contributed by atoms with Crippen molar-refractivity contribution >= 4 is 0 Å². The van der Waals surface area contributed by atoms with Gasteiger partial charge in [-0.15, -0.1) is 0 Å². The number of rotatable bonds is 1. The average Bonchev–Trinajstić information content (AvgIpc) is 2.66. The highest BCUT2D eigenvalue weighted by molar-refractivity contribution is 5.29. The third-order valence-corrected chi connectivity index (χ3v) is 2.84. The number of nitriles is 1. The standard InChI is InChI=1S/C11H13N3/c1-8-5-13-3-2-10(8)11-7-14-6-9(11)4-12/h2-3,5,9,11,14H,6-7H2,1H3. The zero-order valence-corrected chi connectivity index (χ0v) is 8.20. The molecular weight excluding hydrogens is 174 g/mol. The highest BCUT2D eigenvalue weighted by Crippen LogP contribution is 2.29. The number of aromatic nitrogens is 1. The molecule has 2 rings (SSSR count). The fourth-order valence-corrected chi connectivity index (χ4v) is 2.04. The molecular formula is C11H13N3. The van der Waals surface area contributed by atoms with Crippen molar-refractivity contribution in [3.05, 3.63) is 29.6 Å². The molecule has 72 valence electrons. The van der Waals surface area contributed by atoms with E-state index in [1.165, 1.54) is 11.1 Å². The van der Waals surface area contributed by atoms with E-state index in [0.717, 1.165) is 13.1 Å². The van der Waals surface area contributed by atoms with Crippen LogP contribution >= 0.6 is 0 Å². The summed E-state index contributed by atoms with van der Waals surface area (Å²) < 4.78 is 0. The molecule has 1 aromatic heterocycles. The van der Waals surface area contributed by atoms with Gasteiger partial charge >= 0.3 is 0 Å². The third-order valence-electron chi connectivity index (χ3n) is 2.84. The van der Waals surface area contributed by atoms with Crippen LogP contribution in [0.5, 0.6) is 0 Å². The lowest BCUT2D eigenvalue weighted by molar-refractivity contribution is 0.642. The van der Waals surface area contributed by atoms with Crippen LogP contribution in [0, 0.1) is 24.2 Å². The van der Waals surface area contributed by atoms with E-state index in [0.29, 0.717) is 5.92 Å². The Kier molecular flexibility index (Phi) is 2.47. The summed E-state index contributed by atoms with van der Waals surface area (Å²) in [5, 5.41) is 12.2. The van der Waals surface area contributed by atoms with E-state index in [1.54, 1.807) is 6.20 Å². The number of nitrogens with zero attached hydrogens (tertiary/aromatic N) is 2. The van der Waals surface area contributed by atoms with Gasteiger partial charge in [-0.25, -0.2) is 0 Å². The van der Waals surface area contributed by atoms with E-state index in [-0.39, 0.29) is 5.92 Å². The Balaban J connectivity index is 2.31. The summed E-state index contributed by atoms with van der Waals surface area (Å²) in [6, 6.07) is 4.38. The Bertz CT molecular complexity index is 367. The molecule has 0 saturated carbocycles. The minimum atomic E-state index is 0.107. The maximum absolute atomic E-state index is 8.98. The molecule has 3 heteroatoms. The van der Waals surface area contributed by atoms with Crippen LogP contribution in [0.3, 0.4) is 0 Å². The highest BCUT2D eigenvalue weighted by Gasteiger charge is 2.28. The first-order valence-corrected chi connectivity index (χ1v) is 4.83. The molecule has 0 bridgehead atoms. The van der Waals surface area contributed by atoms with Crippen molar-refractivity contribution in [2.75, 3.05) is 13.1 Å². The normalized spacial score (nSPS) is 26.0. The summed E-state index contributed by atoms with van der Waals surface area (Å²) in [5.74, 6) is 0.444. The van der Waals surface area contributed by atoms with Gasteiger partial charge in [0.1, 0.15) is 0 Å². The molecule has 3 nitrogen and oxygen atoms in total.